The molecule has 3 rings (SSSR count). The minimum Gasteiger partial charge on any atom is -0.456 e. The maximum absolute atomic E-state index is 12.4. The largest absolute Gasteiger partial charge is 0.456 e. The van der Waals surface area contributed by atoms with Crippen LogP contribution >= 0.6 is 15.9 Å². The molecule has 142 valence electrons. The number of hydrogen-bond acceptors (Lipinski definition) is 3. The lowest BCUT2D eigenvalue weighted by molar-refractivity contribution is -0.147. The van der Waals surface area contributed by atoms with Gasteiger partial charge in [-0.05, 0) is 39.2 Å². The van der Waals surface area contributed by atoms with Crippen molar-refractivity contribution >= 4 is 33.5 Å². The third-order valence-electron chi connectivity index (χ3n) is 4.29. The van der Waals surface area contributed by atoms with Gasteiger partial charge in [0.25, 0.3) is 5.91 Å². The van der Waals surface area contributed by atoms with Crippen molar-refractivity contribution < 1.29 is 14.3 Å². The van der Waals surface area contributed by atoms with Gasteiger partial charge >= 0.3 is 5.97 Å². The second-order valence-corrected chi connectivity index (χ2v) is 7.12. The molecular weight excluding hydrogens is 418 g/mol. The number of nitrogens with one attached hydrogen (secondary N) is 1. The van der Waals surface area contributed by atoms with Gasteiger partial charge in [0.2, 0.25) is 0 Å². The number of ether oxygens (including phenoxy) is 1. The molecule has 3 aromatic rings. The van der Waals surface area contributed by atoms with Gasteiger partial charge in [-0.25, -0.2) is 0 Å². The highest BCUT2D eigenvalue weighted by Crippen LogP contribution is 2.28. The van der Waals surface area contributed by atoms with Crippen LogP contribution in [0.4, 0.5) is 5.69 Å². The van der Waals surface area contributed by atoms with Crippen molar-refractivity contribution in [3.63, 3.8) is 0 Å². The number of amides is 1. The molecule has 0 unspecified atom stereocenters. The number of hydrogen-bond donors (Lipinski definition) is 1. The van der Waals surface area contributed by atoms with E-state index in [1.54, 1.807) is 6.07 Å². The Labute approximate surface area is 172 Å². The summed E-state index contributed by atoms with van der Waals surface area (Å²) in [5.74, 6) is -0.919. The molecule has 0 atom stereocenters. The van der Waals surface area contributed by atoms with Gasteiger partial charge in [0.15, 0.2) is 6.61 Å². The van der Waals surface area contributed by atoms with Gasteiger partial charge in [-0.2, -0.15) is 0 Å². The van der Waals surface area contributed by atoms with E-state index in [1.165, 1.54) is 0 Å². The third kappa shape index (κ3) is 5.54. The first-order valence-corrected chi connectivity index (χ1v) is 9.72. The minimum atomic E-state index is -0.417. The molecule has 0 fully saturated rings. The Morgan fingerprint density at radius 1 is 0.821 bits per heavy atom. The van der Waals surface area contributed by atoms with Crippen LogP contribution in [0.5, 0.6) is 0 Å². The Kier molecular flexibility index (Phi) is 6.98. The lowest BCUT2D eigenvalue weighted by Crippen LogP contribution is -2.22. The van der Waals surface area contributed by atoms with Gasteiger partial charge in [-0.1, -0.05) is 72.8 Å². The molecule has 0 heterocycles. The standard InChI is InChI=1S/C23H20BrNO3/c24-20-13-7-8-14-21(20)25-22(26)16-28-23(27)15-19(17-9-3-1-4-10-17)18-11-5-2-6-12-18/h1-14,19H,15-16H2,(H,25,26). The molecule has 0 aliphatic carbocycles. The molecule has 0 saturated carbocycles. The molecule has 0 saturated heterocycles. The highest BCUT2D eigenvalue weighted by molar-refractivity contribution is 9.10. The molecule has 0 radical (unpaired) electrons. The Morgan fingerprint density at radius 2 is 1.36 bits per heavy atom. The predicted octanol–water partition coefficient (Wildman–Crippen LogP) is 5.15. The number of carbonyl (C=O) groups excluding carboxylic acids is 2. The molecule has 1 N–H and O–H groups in total. The topological polar surface area (TPSA) is 55.4 Å². The zero-order chi connectivity index (χ0) is 19.8. The van der Waals surface area contributed by atoms with E-state index in [0.29, 0.717) is 5.69 Å². The smallest absolute Gasteiger partial charge is 0.307 e. The highest BCUT2D eigenvalue weighted by atomic mass is 79.9. The number of benzene rings is 3. The van der Waals surface area contributed by atoms with Crippen molar-refractivity contribution in [2.75, 3.05) is 11.9 Å². The average molecular weight is 438 g/mol. The van der Waals surface area contributed by atoms with E-state index < -0.39 is 5.97 Å². The van der Waals surface area contributed by atoms with E-state index in [1.807, 2.05) is 78.9 Å². The normalized spacial score (nSPS) is 10.5. The summed E-state index contributed by atoms with van der Waals surface area (Å²) in [7, 11) is 0. The second-order valence-electron chi connectivity index (χ2n) is 6.27. The first-order chi connectivity index (χ1) is 13.6. The SMILES string of the molecule is O=C(COC(=O)CC(c1ccccc1)c1ccccc1)Nc1ccccc1Br. The quantitative estimate of drug-likeness (QED) is 0.519. The third-order valence-corrected chi connectivity index (χ3v) is 4.98. The molecule has 0 aliphatic rings. The van der Waals surface area contributed by atoms with Crippen molar-refractivity contribution in [1.82, 2.24) is 0 Å². The first-order valence-electron chi connectivity index (χ1n) is 8.93. The van der Waals surface area contributed by atoms with Gasteiger partial charge in [0, 0.05) is 10.4 Å². The van der Waals surface area contributed by atoms with E-state index in [4.69, 9.17) is 4.74 Å². The Morgan fingerprint density at radius 3 is 1.93 bits per heavy atom. The fourth-order valence-corrected chi connectivity index (χ4v) is 3.30. The summed E-state index contributed by atoms with van der Waals surface area (Å²) in [6.45, 7) is -0.323. The summed E-state index contributed by atoms with van der Waals surface area (Å²) in [4.78, 5) is 24.5. The zero-order valence-corrected chi connectivity index (χ0v) is 16.8. The summed E-state index contributed by atoms with van der Waals surface area (Å²) in [5.41, 5.74) is 2.70. The fraction of sp³-hybridized carbons (Fsp3) is 0.130. The predicted molar refractivity (Wildman–Crippen MR) is 113 cm³/mol. The maximum Gasteiger partial charge on any atom is 0.307 e. The number of halogens is 1. The molecule has 0 aliphatic heterocycles. The second kappa shape index (κ2) is 9.85. The fourth-order valence-electron chi connectivity index (χ4n) is 2.92. The number of rotatable bonds is 7. The number of anilines is 1. The molecule has 0 aromatic heterocycles. The molecule has 5 heteroatoms. The summed E-state index contributed by atoms with van der Waals surface area (Å²) in [6.07, 6.45) is 0.163. The zero-order valence-electron chi connectivity index (χ0n) is 15.2. The van der Waals surface area contributed by atoms with Crippen molar-refractivity contribution in [2.45, 2.75) is 12.3 Å². The van der Waals surface area contributed by atoms with Crippen molar-refractivity contribution in [2.24, 2.45) is 0 Å². The number of esters is 1. The van der Waals surface area contributed by atoms with E-state index in [0.717, 1.165) is 15.6 Å². The van der Waals surface area contributed by atoms with Crippen LogP contribution in [0.1, 0.15) is 23.5 Å². The van der Waals surface area contributed by atoms with Crippen molar-refractivity contribution in [3.8, 4) is 0 Å². The van der Waals surface area contributed by atoms with E-state index >= 15 is 0 Å². The minimum absolute atomic E-state index is 0.124. The molecule has 4 nitrogen and oxygen atoms in total. The van der Waals surface area contributed by atoms with Crippen LogP contribution < -0.4 is 5.32 Å². The summed E-state index contributed by atoms with van der Waals surface area (Å²) >= 11 is 3.37. The Balaban J connectivity index is 1.61. The number of para-hydroxylation sites is 1. The van der Waals surface area contributed by atoms with Gasteiger partial charge in [-0.3, -0.25) is 9.59 Å². The van der Waals surface area contributed by atoms with Crippen LogP contribution in [0.3, 0.4) is 0 Å². The molecular formula is C23H20BrNO3. The maximum atomic E-state index is 12.4. The van der Waals surface area contributed by atoms with Gasteiger partial charge in [0.1, 0.15) is 0 Å². The van der Waals surface area contributed by atoms with E-state index in [2.05, 4.69) is 21.2 Å². The van der Waals surface area contributed by atoms with Crippen LogP contribution in [0.2, 0.25) is 0 Å². The van der Waals surface area contributed by atoms with Crippen LogP contribution in [-0.2, 0) is 14.3 Å². The molecule has 3 aromatic carbocycles. The lowest BCUT2D eigenvalue weighted by atomic mass is 9.89. The monoisotopic (exact) mass is 437 g/mol. The van der Waals surface area contributed by atoms with Gasteiger partial charge in [0.05, 0.1) is 12.1 Å². The van der Waals surface area contributed by atoms with Crippen LogP contribution in [0, 0.1) is 0 Å². The number of carbonyl (C=O) groups is 2. The van der Waals surface area contributed by atoms with Crippen molar-refractivity contribution in [3.05, 3.63) is 101 Å². The lowest BCUT2D eigenvalue weighted by Gasteiger charge is -2.17. The molecule has 28 heavy (non-hydrogen) atoms. The van der Waals surface area contributed by atoms with Crippen LogP contribution in [0.25, 0.3) is 0 Å². The molecule has 1 amide bonds. The van der Waals surface area contributed by atoms with Crippen molar-refractivity contribution in [1.29, 1.82) is 0 Å². The van der Waals surface area contributed by atoms with Gasteiger partial charge < -0.3 is 10.1 Å². The average Bonchev–Trinajstić information content (AvgIpc) is 2.73. The van der Waals surface area contributed by atoms with Crippen LogP contribution in [-0.4, -0.2) is 18.5 Å². The van der Waals surface area contributed by atoms with E-state index in [9.17, 15) is 9.59 Å². The van der Waals surface area contributed by atoms with Crippen LogP contribution in [0.15, 0.2) is 89.4 Å². The first kappa shape index (κ1) is 19.8. The highest BCUT2D eigenvalue weighted by Gasteiger charge is 2.19. The summed E-state index contributed by atoms with van der Waals surface area (Å²) in [5, 5.41) is 2.72. The van der Waals surface area contributed by atoms with E-state index in [-0.39, 0.29) is 24.9 Å². The Hall–Kier alpha value is -2.92. The van der Waals surface area contributed by atoms with Gasteiger partial charge in [-0.15, -0.1) is 0 Å². The summed E-state index contributed by atoms with van der Waals surface area (Å²) in [6, 6.07) is 26.9. The summed E-state index contributed by atoms with van der Waals surface area (Å²) < 4.78 is 5.99. The molecule has 0 bridgehead atoms. The Bertz CT molecular complexity index is 889. The molecule has 0 spiro atoms.